The second kappa shape index (κ2) is 8.87. The fraction of sp³-hybridized carbons (Fsp3) is 0.600. The van der Waals surface area contributed by atoms with E-state index in [4.69, 9.17) is 4.74 Å². The van der Waals surface area contributed by atoms with Crippen molar-refractivity contribution < 1.29 is 14.3 Å². The van der Waals surface area contributed by atoms with Crippen LogP contribution in [0.4, 0.5) is 4.79 Å². The van der Waals surface area contributed by atoms with E-state index in [1.165, 1.54) is 0 Å². The Morgan fingerprint density at radius 1 is 1.33 bits per heavy atom. The second-order valence-corrected chi connectivity index (χ2v) is 9.29. The summed E-state index contributed by atoms with van der Waals surface area (Å²) in [6, 6.07) is 7.73. The highest BCUT2D eigenvalue weighted by molar-refractivity contribution is 8.01. The molecule has 150 valence electrons. The Balaban J connectivity index is 2.01. The molecule has 0 aliphatic carbocycles. The maximum Gasteiger partial charge on any atom is 0.317 e. The molecule has 3 amide bonds. The molecular weight excluding hydrogens is 362 g/mol. The number of ether oxygens (including phenoxy) is 1. The largest absolute Gasteiger partial charge is 0.496 e. The fourth-order valence-corrected chi connectivity index (χ4v) is 4.35. The van der Waals surface area contributed by atoms with Gasteiger partial charge in [-0.1, -0.05) is 18.2 Å². The van der Waals surface area contributed by atoms with Gasteiger partial charge < -0.3 is 19.9 Å². The Morgan fingerprint density at radius 2 is 2.00 bits per heavy atom. The molecule has 1 N–H and O–H groups in total. The topological polar surface area (TPSA) is 61.9 Å². The van der Waals surface area contributed by atoms with Gasteiger partial charge in [-0.25, -0.2) is 4.79 Å². The van der Waals surface area contributed by atoms with Crippen LogP contribution < -0.4 is 10.1 Å². The third kappa shape index (κ3) is 5.54. The summed E-state index contributed by atoms with van der Waals surface area (Å²) in [4.78, 5) is 28.4. The Bertz CT molecular complexity index is 675. The van der Waals surface area contributed by atoms with E-state index in [0.717, 1.165) is 17.7 Å². The highest BCUT2D eigenvalue weighted by Crippen LogP contribution is 2.45. The van der Waals surface area contributed by atoms with Crippen LogP contribution in [-0.2, 0) is 4.79 Å². The standard InChI is InChI=1S/C20H31N3O3S/c1-14-17(24)23(13-9-12-22(5)19(25)21-20(2,3)4)18(27-14)15-10-7-8-11-16(15)26-6/h7-8,10-11,14,18H,9,12-13H2,1-6H3,(H,21,25)/t14-,18+/m0/s1. The lowest BCUT2D eigenvalue weighted by atomic mass is 10.1. The minimum atomic E-state index is -0.267. The monoisotopic (exact) mass is 393 g/mol. The molecule has 1 aliphatic rings. The minimum Gasteiger partial charge on any atom is -0.496 e. The molecule has 0 unspecified atom stereocenters. The fourth-order valence-electron chi connectivity index (χ4n) is 3.01. The molecule has 6 nitrogen and oxygen atoms in total. The number of methoxy groups -OCH3 is 1. The number of amides is 3. The van der Waals surface area contributed by atoms with E-state index in [9.17, 15) is 9.59 Å². The van der Waals surface area contributed by atoms with Crippen molar-refractivity contribution in [2.45, 2.75) is 50.3 Å². The molecule has 1 heterocycles. The summed E-state index contributed by atoms with van der Waals surface area (Å²) in [6.07, 6.45) is 0.721. The molecule has 27 heavy (non-hydrogen) atoms. The third-order valence-corrected chi connectivity index (χ3v) is 5.75. The number of benzene rings is 1. The van der Waals surface area contributed by atoms with Crippen LogP contribution in [0.3, 0.4) is 0 Å². The van der Waals surface area contributed by atoms with Gasteiger partial charge >= 0.3 is 6.03 Å². The highest BCUT2D eigenvalue weighted by Gasteiger charge is 2.39. The number of carbonyl (C=O) groups excluding carboxylic acids is 2. The number of rotatable bonds is 6. The molecule has 0 radical (unpaired) electrons. The van der Waals surface area contributed by atoms with Gasteiger partial charge in [0, 0.05) is 31.2 Å². The summed E-state index contributed by atoms with van der Waals surface area (Å²) in [6.45, 7) is 9.00. The molecule has 0 spiro atoms. The molecular formula is C20H31N3O3S. The van der Waals surface area contributed by atoms with Crippen LogP contribution in [0.15, 0.2) is 24.3 Å². The van der Waals surface area contributed by atoms with E-state index in [2.05, 4.69) is 5.32 Å². The lowest BCUT2D eigenvalue weighted by Crippen LogP contribution is -2.47. The molecule has 1 aromatic carbocycles. The van der Waals surface area contributed by atoms with E-state index in [1.807, 2.05) is 56.9 Å². The number of nitrogens with one attached hydrogen (secondary N) is 1. The van der Waals surface area contributed by atoms with Crippen LogP contribution in [0.25, 0.3) is 0 Å². The predicted molar refractivity (Wildman–Crippen MR) is 110 cm³/mol. The number of nitrogens with zero attached hydrogens (tertiary/aromatic N) is 2. The lowest BCUT2D eigenvalue weighted by Gasteiger charge is -2.28. The van der Waals surface area contributed by atoms with E-state index in [0.29, 0.717) is 13.1 Å². The van der Waals surface area contributed by atoms with Gasteiger partial charge in [0.15, 0.2) is 0 Å². The summed E-state index contributed by atoms with van der Waals surface area (Å²) in [7, 11) is 3.43. The molecule has 0 saturated carbocycles. The Kier molecular flexibility index (Phi) is 7.03. The SMILES string of the molecule is COc1ccccc1[C@H]1S[C@@H](C)C(=O)N1CCCN(C)C(=O)NC(C)(C)C. The van der Waals surface area contributed by atoms with Gasteiger partial charge in [-0.3, -0.25) is 4.79 Å². The van der Waals surface area contributed by atoms with Crippen LogP contribution in [-0.4, -0.2) is 59.8 Å². The first kappa shape index (κ1) is 21.4. The third-order valence-electron chi connectivity index (χ3n) is 4.37. The first-order valence-corrected chi connectivity index (χ1v) is 10.2. The van der Waals surface area contributed by atoms with E-state index >= 15 is 0 Å². The number of urea groups is 1. The minimum absolute atomic E-state index is 0.0580. The number of carbonyl (C=O) groups is 2. The lowest BCUT2D eigenvalue weighted by molar-refractivity contribution is -0.129. The predicted octanol–water partition coefficient (Wildman–Crippen LogP) is 3.49. The summed E-state index contributed by atoms with van der Waals surface area (Å²) >= 11 is 1.64. The first-order valence-electron chi connectivity index (χ1n) is 9.26. The molecule has 1 fully saturated rings. The van der Waals surface area contributed by atoms with E-state index < -0.39 is 0 Å². The van der Waals surface area contributed by atoms with Crippen LogP contribution in [0.5, 0.6) is 5.75 Å². The zero-order valence-corrected chi connectivity index (χ0v) is 17.9. The number of para-hydroxylation sites is 1. The van der Waals surface area contributed by atoms with Crippen LogP contribution in [0.1, 0.15) is 45.1 Å². The van der Waals surface area contributed by atoms with Gasteiger partial charge in [0.1, 0.15) is 11.1 Å². The Hall–Kier alpha value is -1.89. The smallest absolute Gasteiger partial charge is 0.317 e. The van der Waals surface area contributed by atoms with Crippen molar-refractivity contribution in [2.75, 3.05) is 27.2 Å². The number of hydrogen-bond acceptors (Lipinski definition) is 4. The molecule has 1 saturated heterocycles. The van der Waals surface area contributed by atoms with Crippen LogP contribution in [0, 0.1) is 0 Å². The molecule has 0 bridgehead atoms. The summed E-state index contributed by atoms with van der Waals surface area (Å²) in [5, 5.41) is 2.81. The Labute approximate surface area is 166 Å². The van der Waals surface area contributed by atoms with E-state index in [1.54, 1.807) is 30.8 Å². The van der Waals surface area contributed by atoms with Gasteiger partial charge in [-0.2, -0.15) is 0 Å². The van der Waals surface area contributed by atoms with Gasteiger partial charge in [-0.05, 0) is 40.2 Å². The maximum absolute atomic E-state index is 12.7. The summed E-state index contributed by atoms with van der Waals surface area (Å²) in [5.74, 6) is 0.932. The molecule has 2 rings (SSSR count). The van der Waals surface area contributed by atoms with Crippen molar-refractivity contribution >= 4 is 23.7 Å². The van der Waals surface area contributed by atoms with Crippen molar-refractivity contribution in [1.29, 1.82) is 0 Å². The van der Waals surface area contributed by atoms with E-state index in [-0.39, 0.29) is 28.1 Å². The van der Waals surface area contributed by atoms with Crippen molar-refractivity contribution in [3.05, 3.63) is 29.8 Å². The normalized spacial score (nSPS) is 19.9. The Morgan fingerprint density at radius 3 is 2.63 bits per heavy atom. The van der Waals surface area contributed by atoms with Gasteiger partial charge in [-0.15, -0.1) is 11.8 Å². The quantitative estimate of drug-likeness (QED) is 0.804. The zero-order chi connectivity index (χ0) is 20.2. The van der Waals surface area contributed by atoms with Crippen molar-refractivity contribution in [3.8, 4) is 5.75 Å². The maximum atomic E-state index is 12.7. The number of thioether (sulfide) groups is 1. The second-order valence-electron chi connectivity index (χ2n) is 7.86. The molecule has 2 atom stereocenters. The van der Waals surface area contributed by atoms with Crippen molar-refractivity contribution in [3.63, 3.8) is 0 Å². The highest BCUT2D eigenvalue weighted by atomic mass is 32.2. The molecule has 1 aromatic rings. The van der Waals surface area contributed by atoms with Crippen molar-refractivity contribution in [1.82, 2.24) is 15.1 Å². The average Bonchev–Trinajstić information content (AvgIpc) is 2.88. The average molecular weight is 394 g/mol. The first-order chi connectivity index (χ1) is 12.6. The summed E-state index contributed by atoms with van der Waals surface area (Å²) in [5.41, 5.74) is 0.749. The van der Waals surface area contributed by atoms with Gasteiger partial charge in [0.05, 0.1) is 12.4 Å². The zero-order valence-electron chi connectivity index (χ0n) is 17.1. The van der Waals surface area contributed by atoms with Crippen molar-refractivity contribution in [2.24, 2.45) is 0 Å². The van der Waals surface area contributed by atoms with Gasteiger partial charge in [0.2, 0.25) is 5.91 Å². The van der Waals surface area contributed by atoms with Crippen LogP contribution in [0.2, 0.25) is 0 Å². The summed E-state index contributed by atoms with van der Waals surface area (Å²) < 4.78 is 5.48. The number of hydrogen-bond donors (Lipinski definition) is 1. The molecule has 0 aromatic heterocycles. The van der Waals surface area contributed by atoms with Crippen LogP contribution >= 0.6 is 11.8 Å². The molecule has 1 aliphatic heterocycles. The molecule has 7 heteroatoms. The van der Waals surface area contributed by atoms with Gasteiger partial charge in [0.25, 0.3) is 0 Å².